The Labute approximate surface area is 190 Å². The van der Waals surface area contributed by atoms with Crippen LogP contribution in [0.4, 0.5) is 4.39 Å². The fourth-order valence-corrected chi connectivity index (χ4v) is 3.98. The molecule has 1 aromatic heterocycles. The van der Waals surface area contributed by atoms with Crippen LogP contribution in [-0.4, -0.2) is 44.4 Å². The van der Waals surface area contributed by atoms with Gasteiger partial charge in [0.1, 0.15) is 17.3 Å². The number of benzene rings is 2. The molecule has 1 amide bonds. The quantitative estimate of drug-likeness (QED) is 0.320. The van der Waals surface area contributed by atoms with Gasteiger partial charge in [-0.3, -0.25) is 9.59 Å². The summed E-state index contributed by atoms with van der Waals surface area (Å²) < 4.78 is 20.8. The maximum absolute atomic E-state index is 13.4. The second kappa shape index (κ2) is 9.68. The second-order valence-electron chi connectivity index (χ2n) is 7.66. The summed E-state index contributed by atoms with van der Waals surface area (Å²) in [6.07, 6.45) is 5.78. The van der Waals surface area contributed by atoms with Crippen LogP contribution in [-0.2, 0) is 16.1 Å². The zero-order valence-electron chi connectivity index (χ0n) is 18.1. The number of aliphatic hydroxyl groups is 1. The molecule has 0 aliphatic carbocycles. The number of aryl methyl sites for hydroxylation is 1. The van der Waals surface area contributed by atoms with Crippen LogP contribution in [0, 0.1) is 5.82 Å². The zero-order chi connectivity index (χ0) is 23.4. The van der Waals surface area contributed by atoms with Crippen LogP contribution in [0.1, 0.15) is 30.5 Å². The molecule has 1 saturated heterocycles. The highest BCUT2D eigenvalue weighted by molar-refractivity contribution is 6.46. The lowest BCUT2D eigenvalue weighted by atomic mass is 9.95. The molecule has 3 aromatic rings. The Morgan fingerprint density at radius 2 is 1.82 bits per heavy atom. The van der Waals surface area contributed by atoms with Gasteiger partial charge in [-0.2, -0.15) is 0 Å². The Morgan fingerprint density at radius 3 is 2.45 bits per heavy atom. The normalized spacial score (nSPS) is 17.5. The molecule has 1 aliphatic heterocycles. The summed E-state index contributed by atoms with van der Waals surface area (Å²) in [7, 11) is 0. The minimum absolute atomic E-state index is 0.0154. The Balaban J connectivity index is 1.71. The number of aliphatic hydroxyl groups excluding tert-OH is 1. The van der Waals surface area contributed by atoms with Gasteiger partial charge in [-0.05, 0) is 55.3 Å². The molecule has 1 aliphatic rings. The molecule has 4 rings (SSSR count). The highest BCUT2D eigenvalue weighted by atomic mass is 19.1. The van der Waals surface area contributed by atoms with E-state index in [4.69, 9.17) is 4.74 Å². The van der Waals surface area contributed by atoms with Crippen molar-refractivity contribution in [2.75, 3.05) is 13.2 Å². The Hall–Kier alpha value is -3.94. The average molecular weight is 449 g/mol. The molecule has 8 heteroatoms. The first-order valence-electron chi connectivity index (χ1n) is 10.7. The Kier molecular flexibility index (Phi) is 6.53. The molecule has 0 radical (unpaired) electrons. The molecule has 2 aromatic carbocycles. The number of imidazole rings is 1. The molecule has 0 bridgehead atoms. The van der Waals surface area contributed by atoms with Crippen molar-refractivity contribution in [3.8, 4) is 5.75 Å². The third-order valence-electron chi connectivity index (χ3n) is 5.54. The van der Waals surface area contributed by atoms with Gasteiger partial charge in [0, 0.05) is 31.0 Å². The fourth-order valence-electron chi connectivity index (χ4n) is 3.98. The van der Waals surface area contributed by atoms with E-state index in [1.807, 2.05) is 17.7 Å². The highest BCUT2D eigenvalue weighted by Crippen LogP contribution is 2.39. The van der Waals surface area contributed by atoms with Gasteiger partial charge in [0.2, 0.25) is 0 Å². The molecule has 0 spiro atoms. The predicted octanol–water partition coefficient (Wildman–Crippen LogP) is 3.93. The van der Waals surface area contributed by atoms with Crippen LogP contribution < -0.4 is 4.74 Å². The summed E-state index contributed by atoms with van der Waals surface area (Å²) in [5, 5.41) is 11.0. The van der Waals surface area contributed by atoms with Crippen molar-refractivity contribution in [2.24, 2.45) is 0 Å². The van der Waals surface area contributed by atoms with Crippen molar-refractivity contribution in [3.05, 3.63) is 89.8 Å². The van der Waals surface area contributed by atoms with Crippen LogP contribution in [0.25, 0.3) is 5.76 Å². The molecule has 1 N–H and O–H groups in total. The van der Waals surface area contributed by atoms with Crippen LogP contribution >= 0.6 is 0 Å². The maximum atomic E-state index is 13.4. The second-order valence-corrected chi connectivity index (χ2v) is 7.66. The number of hydrogen-bond acceptors (Lipinski definition) is 5. The number of hydrogen-bond donors (Lipinski definition) is 1. The van der Waals surface area contributed by atoms with E-state index in [0.717, 1.165) is 0 Å². The molecule has 1 unspecified atom stereocenters. The fraction of sp³-hybridized carbons (Fsp3) is 0.240. The number of Topliss-reactive ketones (excluding diaryl/α,β-unsaturated/α-hetero) is 1. The number of likely N-dealkylation sites (tertiary alicyclic amines) is 1. The van der Waals surface area contributed by atoms with Crippen molar-refractivity contribution >= 4 is 17.4 Å². The number of rotatable bonds is 8. The summed E-state index contributed by atoms with van der Waals surface area (Å²) in [4.78, 5) is 31.5. The van der Waals surface area contributed by atoms with Gasteiger partial charge in [-0.1, -0.05) is 12.1 Å². The van der Waals surface area contributed by atoms with Crippen LogP contribution in [0.15, 0.2) is 72.8 Å². The smallest absolute Gasteiger partial charge is 0.295 e. The van der Waals surface area contributed by atoms with E-state index in [0.29, 0.717) is 37.4 Å². The van der Waals surface area contributed by atoms with Gasteiger partial charge < -0.3 is 19.3 Å². The number of amides is 1. The van der Waals surface area contributed by atoms with Gasteiger partial charge in [-0.15, -0.1) is 0 Å². The summed E-state index contributed by atoms with van der Waals surface area (Å²) >= 11 is 0. The molecule has 1 fully saturated rings. The predicted molar refractivity (Wildman–Crippen MR) is 120 cm³/mol. The highest BCUT2D eigenvalue weighted by Gasteiger charge is 2.45. The van der Waals surface area contributed by atoms with Gasteiger partial charge in [0.15, 0.2) is 0 Å². The molecular formula is C25H24FN3O4. The first-order valence-corrected chi connectivity index (χ1v) is 10.7. The first kappa shape index (κ1) is 22.3. The van der Waals surface area contributed by atoms with Gasteiger partial charge in [0.25, 0.3) is 11.7 Å². The molecule has 7 nitrogen and oxygen atoms in total. The SMILES string of the molecule is CCOc1ccc(C2/C(=C(\O)c3ccc(F)cc3)C(=O)C(=O)N2CCCn2ccnc2)cc1. The van der Waals surface area contributed by atoms with Gasteiger partial charge >= 0.3 is 0 Å². The lowest BCUT2D eigenvalue weighted by Crippen LogP contribution is -2.31. The number of ether oxygens (including phenoxy) is 1. The van der Waals surface area contributed by atoms with Gasteiger partial charge in [-0.25, -0.2) is 9.37 Å². The standard InChI is InChI=1S/C25H24FN3O4/c1-2-33-20-10-6-17(7-11-20)22-21(23(30)18-4-8-19(26)9-5-18)24(31)25(32)29(22)14-3-13-28-15-12-27-16-28/h4-12,15-16,22,30H,2-3,13-14H2,1H3/b23-21+. The van der Waals surface area contributed by atoms with Crippen molar-refractivity contribution in [2.45, 2.75) is 25.9 Å². The van der Waals surface area contributed by atoms with Crippen molar-refractivity contribution < 1.29 is 23.8 Å². The van der Waals surface area contributed by atoms with E-state index in [-0.39, 0.29) is 16.9 Å². The summed E-state index contributed by atoms with van der Waals surface area (Å²) in [5.74, 6) is -1.57. The molecule has 2 heterocycles. The van der Waals surface area contributed by atoms with Crippen molar-refractivity contribution in [1.82, 2.24) is 14.5 Å². The number of carbonyl (C=O) groups excluding carboxylic acids is 2. The van der Waals surface area contributed by atoms with Crippen LogP contribution in [0.2, 0.25) is 0 Å². The Morgan fingerprint density at radius 1 is 1.09 bits per heavy atom. The zero-order valence-corrected chi connectivity index (χ0v) is 18.1. The number of halogens is 1. The molecule has 170 valence electrons. The summed E-state index contributed by atoms with van der Waals surface area (Å²) in [5.41, 5.74) is 0.922. The summed E-state index contributed by atoms with van der Waals surface area (Å²) in [6.45, 7) is 3.32. The first-order chi connectivity index (χ1) is 16.0. The largest absolute Gasteiger partial charge is 0.507 e. The number of ketones is 1. The van der Waals surface area contributed by atoms with Crippen LogP contribution in [0.5, 0.6) is 5.75 Å². The minimum Gasteiger partial charge on any atom is -0.507 e. The lowest BCUT2D eigenvalue weighted by molar-refractivity contribution is -0.139. The van der Waals surface area contributed by atoms with Crippen LogP contribution in [0.3, 0.4) is 0 Å². The van der Waals surface area contributed by atoms with E-state index < -0.39 is 23.5 Å². The van der Waals surface area contributed by atoms with E-state index in [1.54, 1.807) is 36.8 Å². The molecule has 1 atom stereocenters. The number of carbonyl (C=O) groups is 2. The number of aromatic nitrogens is 2. The minimum atomic E-state index is -0.770. The molecule has 0 saturated carbocycles. The lowest BCUT2D eigenvalue weighted by Gasteiger charge is -2.25. The Bertz CT molecular complexity index is 1160. The summed E-state index contributed by atoms with van der Waals surface area (Å²) in [6, 6.07) is 11.5. The third-order valence-corrected chi connectivity index (χ3v) is 5.54. The van der Waals surface area contributed by atoms with E-state index >= 15 is 0 Å². The number of nitrogens with zero attached hydrogens (tertiary/aromatic N) is 3. The average Bonchev–Trinajstić information content (AvgIpc) is 3.42. The molecule has 33 heavy (non-hydrogen) atoms. The van der Waals surface area contributed by atoms with Gasteiger partial charge in [0.05, 0.1) is 24.5 Å². The topological polar surface area (TPSA) is 84.7 Å². The van der Waals surface area contributed by atoms with Crippen molar-refractivity contribution in [3.63, 3.8) is 0 Å². The third kappa shape index (κ3) is 4.64. The van der Waals surface area contributed by atoms with Crippen molar-refractivity contribution in [1.29, 1.82) is 0 Å². The molecular weight excluding hydrogens is 425 g/mol. The monoisotopic (exact) mass is 449 g/mol. The van der Waals surface area contributed by atoms with E-state index in [1.165, 1.54) is 29.2 Å². The van der Waals surface area contributed by atoms with E-state index in [9.17, 15) is 19.1 Å². The maximum Gasteiger partial charge on any atom is 0.295 e. The van der Waals surface area contributed by atoms with E-state index in [2.05, 4.69) is 4.98 Å².